The van der Waals surface area contributed by atoms with E-state index >= 15 is 0 Å². The molecule has 1 aliphatic heterocycles. The highest BCUT2D eigenvalue weighted by molar-refractivity contribution is 6.75. The van der Waals surface area contributed by atoms with Crippen LogP contribution in [0.25, 0.3) is 0 Å². The number of amides is 1. The van der Waals surface area contributed by atoms with Crippen LogP contribution in [-0.4, -0.2) is 35.5 Å². The lowest BCUT2D eigenvalue weighted by Crippen LogP contribution is -2.55. The monoisotopic (exact) mass is 383 g/mol. The van der Waals surface area contributed by atoms with Gasteiger partial charge in [-0.3, -0.25) is 19.9 Å². The number of ether oxygens (including phenoxy) is 1. The predicted octanol–water partition coefficient (Wildman–Crippen LogP) is 2.53. The van der Waals surface area contributed by atoms with E-state index in [0.29, 0.717) is 11.4 Å². The first-order valence-corrected chi connectivity index (χ1v) is 8.60. The van der Waals surface area contributed by atoms with Crippen molar-refractivity contribution in [3.05, 3.63) is 60.4 Å². The standard InChI is InChI=1S/C20H18FN3O4/c1-3-28-19(27)20(2)17(23-22-14-11-9-13(21)10-12-14)16(25)18(26)24(20)15-7-5-4-6-8-15/h4-12,22H,3H2,1-2H3/b23-17-/t20-/m0/s1. The second-order valence-corrected chi connectivity index (χ2v) is 6.18. The third kappa shape index (κ3) is 3.24. The minimum atomic E-state index is -1.75. The SMILES string of the molecule is CCOC(=O)[C@]1(C)/C(=N\Nc2ccc(F)cc2)C(=O)C(=O)N1c1ccccc1. The summed E-state index contributed by atoms with van der Waals surface area (Å²) in [4.78, 5) is 39.2. The summed E-state index contributed by atoms with van der Waals surface area (Å²) >= 11 is 0. The molecule has 2 aromatic rings. The van der Waals surface area contributed by atoms with Crippen LogP contribution in [0.5, 0.6) is 0 Å². The fourth-order valence-corrected chi connectivity index (χ4v) is 2.95. The van der Waals surface area contributed by atoms with Crippen molar-refractivity contribution in [2.45, 2.75) is 19.4 Å². The van der Waals surface area contributed by atoms with Crippen molar-refractivity contribution in [2.24, 2.45) is 5.10 Å². The molecule has 0 saturated carbocycles. The number of Topliss-reactive ketones (excluding diaryl/α,β-unsaturated/α-hetero) is 1. The Labute approximate surface area is 160 Å². The van der Waals surface area contributed by atoms with Crippen LogP contribution in [0.2, 0.25) is 0 Å². The van der Waals surface area contributed by atoms with E-state index in [1.165, 1.54) is 31.2 Å². The molecule has 8 heteroatoms. The number of hydrazone groups is 1. The van der Waals surface area contributed by atoms with Gasteiger partial charge in [0.1, 0.15) is 5.82 Å². The van der Waals surface area contributed by atoms with Gasteiger partial charge in [-0.2, -0.15) is 5.10 Å². The Morgan fingerprint density at radius 3 is 2.39 bits per heavy atom. The zero-order chi connectivity index (χ0) is 20.3. The highest BCUT2D eigenvalue weighted by Gasteiger charge is 2.60. The van der Waals surface area contributed by atoms with Crippen LogP contribution in [0.1, 0.15) is 13.8 Å². The van der Waals surface area contributed by atoms with Gasteiger partial charge in [0, 0.05) is 5.69 Å². The molecule has 0 bridgehead atoms. The third-order valence-electron chi connectivity index (χ3n) is 4.35. The number of carbonyl (C=O) groups excluding carboxylic acids is 3. The molecular weight excluding hydrogens is 365 g/mol. The number of anilines is 2. The van der Waals surface area contributed by atoms with Crippen molar-refractivity contribution < 1.29 is 23.5 Å². The predicted molar refractivity (Wildman–Crippen MR) is 101 cm³/mol. The van der Waals surface area contributed by atoms with Gasteiger partial charge in [0.25, 0.3) is 5.78 Å². The van der Waals surface area contributed by atoms with Gasteiger partial charge in [-0.25, -0.2) is 9.18 Å². The molecule has 0 radical (unpaired) electrons. The molecule has 1 N–H and O–H groups in total. The van der Waals surface area contributed by atoms with Gasteiger partial charge in [0.05, 0.1) is 12.3 Å². The van der Waals surface area contributed by atoms with E-state index < -0.39 is 29.0 Å². The van der Waals surface area contributed by atoms with Crippen LogP contribution in [0.15, 0.2) is 59.7 Å². The largest absolute Gasteiger partial charge is 0.464 e. The lowest BCUT2D eigenvalue weighted by atomic mass is 9.95. The first-order valence-electron chi connectivity index (χ1n) is 8.60. The van der Waals surface area contributed by atoms with E-state index in [4.69, 9.17) is 4.74 Å². The number of carbonyl (C=O) groups is 3. The van der Waals surface area contributed by atoms with Crippen molar-refractivity contribution in [3.63, 3.8) is 0 Å². The molecule has 28 heavy (non-hydrogen) atoms. The maximum atomic E-state index is 13.1. The van der Waals surface area contributed by atoms with E-state index in [-0.39, 0.29) is 12.3 Å². The molecule has 2 aromatic carbocycles. The number of halogens is 1. The second-order valence-electron chi connectivity index (χ2n) is 6.18. The topological polar surface area (TPSA) is 88.1 Å². The molecule has 0 aromatic heterocycles. The van der Waals surface area contributed by atoms with Crippen LogP contribution in [-0.2, 0) is 19.1 Å². The van der Waals surface area contributed by atoms with Crippen LogP contribution in [0, 0.1) is 5.82 Å². The number of hydrogen-bond acceptors (Lipinski definition) is 6. The van der Waals surface area contributed by atoms with Gasteiger partial charge < -0.3 is 4.74 Å². The highest BCUT2D eigenvalue weighted by Crippen LogP contribution is 2.33. The Morgan fingerprint density at radius 1 is 1.14 bits per heavy atom. The van der Waals surface area contributed by atoms with Crippen molar-refractivity contribution in [1.29, 1.82) is 0 Å². The summed E-state index contributed by atoms with van der Waals surface area (Å²) in [6, 6.07) is 13.6. The summed E-state index contributed by atoms with van der Waals surface area (Å²) in [5.74, 6) is -3.02. The number of nitrogens with zero attached hydrogens (tertiary/aromatic N) is 2. The van der Waals surface area contributed by atoms with Gasteiger partial charge in [-0.05, 0) is 50.2 Å². The Hall–Kier alpha value is -3.55. The molecule has 144 valence electrons. The molecule has 0 unspecified atom stereocenters. The Morgan fingerprint density at radius 2 is 1.79 bits per heavy atom. The molecule has 3 rings (SSSR count). The normalized spacial score (nSPS) is 20.5. The summed E-state index contributed by atoms with van der Waals surface area (Å²) in [5, 5.41) is 4.02. The summed E-state index contributed by atoms with van der Waals surface area (Å²) in [6.45, 7) is 3.10. The van der Waals surface area contributed by atoms with E-state index in [1.54, 1.807) is 37.3 Å². The van der Waals surface area contributed by atoms with Crippen molar-refractivity contribution in [1.82, 2.24) is 0 Å². The summed E-state index contributed by atoms with van der Waals surface area (Å²) in [6.07, 6.45) is 0. The average Bonchev–Trinajstić information content (AvgIpc) is 2.89. The molecule has 7 nitrogen and oxygen atoms in total. The van der Waals surface area contributed by atoms with Gasteiger partial charge in [-0.1, -0.05) is 18.2 Å². The molecular formula is C20H18FN3O4. The second kappa shape index (κ2) is 7.59. The Balaban J connectivity index is 2.07. The van der Waals surface area contributed by atoms with Crippen LogP contribution < -0.4 is 10.3 Å². The Bertz CT molecular complexity index is 944. The quantitative estimate of drug-likeness (QED) is 0.487. The molecule has 1 saturated heterocycles. The summed E-state index contributed by atoms with van der Waals surface area (Å²) < 4.78 is 18.2. The summed E-state index contributed by atoms with van der Waals surface area (Å²) in [7, 11) is 0. The molecule has 0 aliphatic carbocycles. The fraction of sp³-hybridized carbons (Fsp3) is 0.200. The minimum absolute atomic E-state index is 0.0676. The Kier molecular flexibility index (Phi) is 5.21. The number of hydrogen-bond donors (Lipinski definition) is 1. The van der Waals surface area contributed by atoms with E-state index in [9.17, 15) is 18.8 Å². The van der Waals surface area contributed by atoms with E-state index in [0.717, 1.165) is 4.90 Å². The first-order chi connectivity index (χ1) is 13.4. The molecule has 1 heterocycles. The number of benzene rings is 2. The zero-order valence-corrected chi connectivity index (χ0v) is 15.3. The number of ketones is 1. The molecule has 1 fully saturated rings. The van der Waals surface area contributed by atoms with Crippen molar-refractivity contribution in [2.75, 3.05) is 16.9 Å². The molecule has 0 spiro atoms. The van der Waals surface area contributed by atoms with Crippen molar-refractivity contribution in [3.8, 4) is 0 Å². The highest BCUT2D eigenvalue weighted by atomic mass is 19.1. The van der Waals surface area contributed by atoms with Crippen LogP contribution in [0.3, 0.4) is 0 Å². The minimum Gasteiger partial charge on any atom is -0.464 e. The van der Waals surface area contributed by atoms with Gasteiger partial charge >= 0.3 is 11.9 Å². The van der Waals surface area contributed by atoms with Gasteiger partial charge in [0.2, 0.25) is 0 Å². The van der Waals surface area contributed by atoms with Crippen molar-refractivity contribution >= 4 is 34.7 Å². The number of para-hydroxylation sites is 1. The fourth-order valence-electron chi connectivity index (χ4n) is 2.95. The van der Waals surface area contributed by atoms with E-state index in [2.05, 4.69) is 10.5 Å². The smallest absolute Gasteiger partial charge is 0.338 e. The molecule has 1 amide bonds. The van der Waals surface area contributed by atoms with Crippen LogP contribution >= 0.6 is 0 Å². The maximum absolute atomic E-state index is 13.1. The van der Waals surface area contributed by atoms with E-state index in [1.807, 2.05) is 0 Å². The number of rotatable bonds is 5. The van der Waals surface area contributed by atoms with Crippen LogP contribution in [0.4, 0.5) is 15.8 Å². The number of esters is 1. The lowest BCUT2D eigenvalue weighted by Gasteiger charge is -2.31. The third-order valence-corrected chi connectivity index (χ3v) is 4.35. The zero-order valence-electron chi connectivity index (χ0n) is 15.3. The maximum Gasteiger partial charge on any atom is 0.338 e. The molecule has 1 aliphatic rings. The molecule has 1 atom stereocenters. The summed E-state index contributed by atoms with van der Waals surface area (Å²) in [5.41, 5.74) is 1.30. The average molecular weight is 383 g/mol. The van der Waals surface area contributed by atoms with Gasteiger partial charge in [0.15, 0.2) is 11.3 Å². The number of nitrogens with one attached hydrogen (secondary N) is 1. The first kappa shape index (κ1) is 19.2. The lowest BCUT2D eigenvalue weighted by molar-refractivity contribution is -0.147. The van der Waals surface area contributed by atoms with Gasteiger partial charge in [-0.15, -0.1) is 0 Å².